The van der Waals surface area contributed by atoms with Gasteiger partial charge in [-0.2, -0.15) is 4.98 Å². The van der Waals surface area contributed by atoms with E-state index >= 15 is 0 Å². The number of carbonyl (C=O) groups is 3. The summed E-state index contributed by atoms with van der Waals surface area (Å²) in [6, 6.07) is 0.328. The van der Waals surface area contributed by atoms with Crippen molar-refractivity contribution in [2.45, 2.75) is 31.4 Å². The highest BCUT2D eigenvalue weighted by Crippen LogP contribution is 2.40. The number of nitrogens with zero attached hydrogens (tertiary/aromatic N) is 6. The first-order valence-electron chi connectivity index (χ1n) is 10.7. The van der Waals surface area contributed by atoms with Crippen molar-refractivity contribution in [1.29, 1.82) is 0 Å². The average molecular weight is 523 g/mol. The fraction of sp³-hybridized carbons (Fsp3) is 0.421. The Kier molecular flexibility index (Phi) is 7.11. The summed E-state index contributed by atoms with van der Waals surface area (Å²) in [5.74, 6) is -2.24. The number of hydrogen-bond acceptors (Lipinski definition) is 12. The van der Waals surface area contributed by atoms with Crippen molar-refractivity contribution in [2.75, 3.05) is 30.4 Å². The predicted molar refractivity (Wildman–Crippen MR) is 123 cm³/mol. The van der Waals surface area contributed by atoms with Gasteiger partial charge < -0.3 is 36.4 Å². The number of anilines is 2. The molecular formula is C19H24N9O7S+. The van der Waals surface area contributed by atoms with Crippen LogP contribution in [-0.2, 0) is 32.3 Å². The number of β-lactam (4-membered cyclic amide) rings is 1. The number of nitrogen functional groups attached to an aromatic ring is 2. The fourth-order valence-electron chi connectivity index (χ4n) is 3.82. The molecule has 16 nitrogen and oxygen atoms in total. The summed E-state index contributed by atoms with van der Waals surface area (Å²) in [5, 5.41) is 28.3. The molecule has 0 radical (unpaired) electrons. The monoisotopic (exact) mass is 522 g/mol. The number of aliphatic hydroxyl groups excluding tert-OH is 1. The smallest absolute Gasteiger partial charge is 0.352 e. The van der Waals surface area contributed by atoms with Crippen LogP contribution in [0.3, 0.4) is 0 Å². The van der Waals surface area contributed by atoms with Gasteiger partial charge in [-0.05, 0) is 6.92 Å². The number of fused-ring (bicyclic) bond motifs is 1. The van der Waals surface area contributed by atoms with E-state index in [2.05, 4.69) is 25.1 Å². The maximum atomic E-state index is 13.0. The molecule has 0 spiro atoms. The van der Waals surface area contributed by atoms with Crippen LogP contribution in [0, 0.1) is 0 Å². The van der Waals surface area contributed by atoms with Crippen LogP contribution < -0.4 is 21.5 Å². The molecule has 192 valence electrons. The SMILES string of the molecule is CCON=C(C(=O)N[C@@H]1C(=O)N2C(C(=O)O)=C(C[n+]3ccc(N)n3CCO)CS[C@H]12)c1noc(N)n1. The van der Waals surface area contributed by atoms with Gasteiger partial charge in [-0.3, -0.25) is 14.5 Å². The minimum Gasteiger partial charge on any atom is -0.477 e. The maximum absolute atomic E-state index is 13.0. The molecule has 2 aromatic rings. The largest absolute Gasteiger partial charge is 0.477 e. The summed E-state index contributed by atoms with van der Waals surface area (Å²) in [6.07, 6.45) is 1.67. The van der Waals surface area contributed by atoms with E-state index in [1.807, 2.05) is 0 Å². The van der Waals surface area contributed by atoms with Crippen molar-refractivity contribution < 1.29 is 38.6 Å². The van der Waals surface area contributed by atoms with Gasteiger partial charge in [0, 0.05) is 11.3 Å². The lowest BCUT2D eigenvalue weighted by atomic mass is 10.0. The number of carbonyl (C=O) groups excluding carboxylic acids is 2. The molecule has 0 aliphatic carbocycles. The van der Waals surface area contributed by atoms with Gasteiger partial charge in [0.15, 0.2) is 18.6 Å². The van der Waals surface area contributed by atoms with Crippen LogP contribution in [0.5, 0.6) is 0 Å². The van der Waals surface area contributed by atoms with Crippen molar-refractivity contribution in [3.8, 4) is 0 Å². The summed E-state index contributed by atoms with van der Waals surface area (Å²) >= 11 is 1.30. The van der Waals surface area contributed by atoms with Crippen molar-refractivity contribution in [3.05, 3.63) is 29.4 Å². The van der Waals surface area contributed by atoms with Crippen LogP contribution in [0.2, 0.25) is 0 Å². The van der Waals surface area contributed by atoms with E-state index in [0.29, 0.717) is 11.4 Å². The van der Waals surface area contributed by atoms with Gasteiger partial charge >= 0.3 is 12.0 Å². The Hall–Kier alpha value is -4.12. The molecule has 0 aromatic carbocycles. The zero-order valence-electron chi connectivity index (χ0n) is 19.0. The molecule has 1 fully saturated rings. The van der Waals surface area contributed by atoms with Crippen molar-refractivity contribution >= 4 is 47.1 Å². The molecule has 0 unspecified atom stereocenters. The first kappa shape index (κ1) is 25.0. The number of hydrogen-bond donors (Lipinski definition) is 5. The van der Waals surface area contributed by atoms with Crippen molar-refractivity contribution in [2.24, 2.45) is 5.16 Å². The summed E-state index contributed by atoms with van der Waals surface area (Å²) in [6.45, 7) is 2.01. The van der Waals surface area contributed by atoms with Crippen LogP contribution in [0.25, 0.3) is 0 Å². The molecule has 4 heterocycles. The van der Waals surface area contributed by atoms with E-state index in [1.54, 1.807) is 28.6 Å². The second kappa shape index (κ2) is 10.2. The van der Waals surface area contributed by atoms with Crippen LogP contribution >= 0.6 is 11.8 Å². The molecule has 2 aromatic heterocycles. The summed E-state index contributed by atoms with van der Waals surface area (Å²) in [7, 11) is 0. The molecule has 17 heteroatoms. The predicted octanol–water partition coefficient (Wildman–Crippen LogP) is -2.51. The number of rotatable bonds is 10. The molecule has 0 bridgehead atoms. The zero-order valence-corrected chi connectivity index (χ0v) is 19.8. The third-order valence-corrected chi connectivity index (χ3v) is 6.72. The maximum Gasteiger partial charge on any atom is 0.352 e. The summed E-state index contributed by atoms with van der Waals surface area (Å²) in [4.78, 5) is 47.9. The Morgan fingerprint density at radius 2 is 2.22 bits per heavy atom. The van der Waals surface area contributed by atoms with Crippen LogP contribution in [-0.4, -0.2) is 83.8 Å². The average Bonchev–Trinajstić information content (AvgIpc) is 3.43. The summed E-state index contributed by atoms with van der Waals surface area (Å²) < 4.78 is 7.95. The van der Waals surface area contributed by atoms with E-state index in [1.165, 1.54) is 11.8 Å². The Bertz CT molecular complexity index is 1250. The lowest BCUT2D eigenvalue weighted by Gasteiger charge is -2.49. The lowest BCUT2D eigenvalue weighted by molar-refractivity contribution is -0.767. The van der Waals surface area contributed by atoms with Gasteiger partial charge in [0.05, 0.1) is 12.7 Å². The molecule has 1 saturated heterocycles. The lowest BCUT2D eigenvalue weighted by Crippen LogP contribution is -2.71. The summed E-state index contributed by atoms with van der Waals surface area (Å²) in [5.41, 5.74) is 11.3. The van der Waals surface area contributed by atoms with Gasteiger partial charge in [-0.1, -0.05) is 10.3 Å². The third-order valence-electron chi connectivity index (χ3n) is 5.38. The second-order valence-electron chi connectivity index (χ2n) is 7.62. The van der Waals surface area contributed by atoms with Gasteiger partial charge in [0.25, 0.3) is 11.8 Å². The topological polar surface area (TPSA) is 228 Å². The van der Waals surface area contributed by atoms with Crippen LogP contribution in [0.1, 0.15) is 12.7 Å². The molecule has 2 amide bonds. The van der Waals surface area contributed by atoms with E-state index in [4.69, 9.17) is 16.3 Å². The quantitative estimate of drug-likeness (QED) is 0.0943. The Balaban J connectivity index is 1.54. The number of nitrogens with one attached hydrogen (secondary N) is 1. The highest BCUT2D eigenvalue weighted by atomic mass is 32.2. The molecule has 2 atom stereocenters. The standard InChI is InChI=1S/C19H23N9O7S/c1-2-34-24-11(14-23-19(21)35-25-14)15(30)22-12-16(31)28-13(18(32)33)9(8-36-17(12)28)7-26-4-3-10(20)27(26)5-6-29/h3-4,12,17,20,29H,2,5-8H2,1H3,(H4,21,22,23,25,30,32,33)/p+1/t12-,17-/m1/s1. The Labute approximate surface area is 207 Å². The van der Waals surface area contributed by atoms with E-state index in [-0.39, 0.29) is 55.3 Å². The first-order chi connectivity index (χ1) is 17.3. The zero-order chi connectivity index (χ0) is 26.0. The van der Waals surface area contributed by atoms with E-state index in [9.17, 15) is 24.6 Å². The normalized spacial score (nSPS) is 19.7. The Morgan fingerprint density at radius 1 is 1.44 bits per heavy atom. The van der Waals surface area contributed by atoms with E-state index < -0.39 is 29.2 Å². The van der Waals surface area contributed by atoms with Gasteiger partial charge in [0.2, 0.25) is 11.5 Å². The third kappa shape index (κ3) is 4.57. The molecule has 7 N–H and O–H groups in total. The van der Waals surface area contributed by atoms with Crippen molar-refractivity contribution in [1.82, 2.24) is 25.0 Å². The van der Waals surface area contributed by atoms with Gasteiger partial charge in [0.1, 0.15) is 30.3 Å². The van der Waals surface area contributed by atoms with E-state index in [0.717, 1.165) is 4.90 Å². The number of aliphatic carboxylic acids is 1. The number of carboxylic acids is 1. The first-order valence-corrected chi connectivity index (χ1v) is 11.8. The minimum absolute atomic E-state index is 0.143. The van der Waals surface area contributed by atoms with Crippen LogP contribution in [0.4, 0.5) is 11.8 Å². The number of thioether (sulfide) groups is 1. The number of aliphatic hydroxyl groups is 1. The fourth-order valence-corrected chi connectivity index (χ4v) is 5.16. The number of nitrogens with two attached hydrogens (primary N) is 2. The number of amides is 2. The highest BCUT2D eigenvalue weighted by molar-refractivity contribution is 8.00. The van der Waals surface area contributed by atoms with Gasteiger partial charge in [-0.25, -0.2) is 4.79 Å². The highest BCUT2D eigenvalue weighted by Gasteiger charge is 2.55. The molecule has 2 aliphatic heterocycles. The van der Waals surface area contributed by atoms with Crippen molar-refractivity contribution in [3.63, 3.8) is 0 Å². The number of oxime groups is 1. The molecule has 4 rings (SSSR count). The number of aromatic nitrogens is 4. The molecule has 2 aliphatic rings. The molecule has 36 heavy (non-hydrogen) atoms. The molecular weight excluding hydrogens is 498 g/mol. The number of carboxylic acid groups (broad SMARTS) is 1. The van der Waals surface area contributed by atoms with Gasteiger partial charge in [-0.15, -0.1) is 21.1 Å². The minimum atomic E-state index is -1.27. The second-order valence-corrected chi connectivity index (χ2v) is 8.72. The Morgan fingerprint density at radius 3 is 2.86 bits per heavy atom. The van der Waals surface area contributed by atoms with Crippen LogP contribution in [0.15, 0.2) is 33.2 Å². The molecule has 0 saturated carbocycles.